The molecule has 0 saturated heterocycles. The molecule has 3 rings (SSSR count). The second kappa shape index (κ2) is 11.0. The van der Waals surface area contributed by atoms with Crippen molar-refractivity contribution in [3.63, 3.8) is 0 Å². The number of thioether (sulfide) groups is 1. The first-order chi connectivity index (χ1) is 15.3. The number of rotatable bonds is 10. The Morgan fingerprint density at radius 1 is 1.22 bits per heavy atom. The third-order valence-electron chi connectivity index (χ3n) is 5.97. The highest BCUT2D eigenvalue weighted by atomic mass is 32.2. The number of ether oxygens (including phenoxy) is 1. The summed E-state index contributed by atoms with van der Waals surface area (Å²) in [5, 5.41) is 14.4. The van der Waals surface area contributed by atoms with Gasteiger partial charge in [-0.3, -0.25) is 9.87 Å². The standard InChI is InChI=1S/C24H33NO5S2/c1-3-19(26)16-24(4-2)17-31-22-15-20(30-13-8-14-32(27,28)29)11-12-21(22)23(25-24)18-9-6-5-7-10-18/h5-7,9-12,15,19,23,25-26H,3-4,8,13-14,16-17H2,1-2H3,(H,27,28,29). The van der Waals surface area contributed by atoms with Crippen molar-refractivity contribution < 1.29 is 22.8 Å². The van der Waals surface area contributed by atoms with Crippen molar-refractivity contribution in [3.8, 4) is 5.75 Å². The van der Waals surface area contributed by atoms with Crippen molar-refractivity contribution in [1.29, 1.82) is 0 Å². The van der Waals surface area contributed by atoms with E-state index >= 15 is 0 Å². The molecule has 0 aliphatic carbocycles. The van der Waals surface area contributed by atoms with Crippen LogP contribution in [0.1, 0.15) is 56.7 Å². The molecular formula is C24H33NO5S2. The van der Waals surface area contributed by atoms with Crippen molar-refractivity contribution in [2.24, 2.45) is 0 Å². The summed E-state index contributed by atoms with van der Waals surface area (Å²) in [6, 6.07) is 16.3. The Hall–Kier alpha value is -1.58. The Morgan fingerprint density at radius 3 is 2.62 bits per heavy atom. The van der Waals surface area contributed by atoms with E-state index in [9.17, 15) is 13.5 Å². The van der Waals surface area contributed by atoms with E-state index < -0.39 is 10.1 Å². The average molecular weight is 480 g/mol. The first kappa shape index (κ1) is 25.1. The summed E-state index contributed by atoms with van der Waals surface area (Å²) in [6.07, 6.45) is 2.17. The summed E-state index contributed by atoms with van der Waals surface area (Å²) >= 11 is 1.76. The van der Waals surface area contributed by atoms with Gasteiger partial charge in [-0.25, -0.2) is 0 Å². The minimum absolute atomic E-state index is 0.0150. The molecule has 0 saturated carbocycles. The van der Waals surface area contributed by atoms with Gasteiger partial charge in [0.1, 0.15) is 5.75 Å². The molecule has 3 atom stereocenters. The fourth-order valence-corrected chi connectivity index (χ4v) is 5.88. The summed E-state index contributed by atoms with van der Waals surface area (Å²) in [7, 11) is -3.98. The first-order valence-electron chi connectivity index (χ1n) is 11.1. The number of benzene rings is 2. The maximum absolute atomic E-state index is 10.9. The number of fused-ring (bicyclic) bond motifs is 1. The molecule has 1 aliphatic heterocycles. The van der Waals surface area contributed by atoms with Crippen LogP contribution in [0.4, 0.5) is 0 Å². The van der Waals surface area contributed by atoms with Gasteiger partial charge in [-0.2, -0.15) is 8.42 Å². The second-order valence-electron chi connectivity index (χ2n) is 8.36. The van der Waals surface area contributed by atoms with E-state index in [-0.39, 0.29) is 36.5 Å². The molecule has 2 aromatic carbocycles. The van der Waals surface area contributed by atoms with E-state index in [0.29, 0.717) is 12.2 Å². The molecule has 3 N–H and O–H groups in total. The molecule has 0 bridgehead atoms. The van der Waals surface area contributed by atoms with Crippen molar-refractivity contribution in [2.75, 3.05) is 18.1 Å². The third kappa shape index (κ3) is 6.71. The number of aliphatic hydroxyl groups excluding tert-OH is 1. The fraction of sp³-hybridized carbons (Fsp3) is 0.500. The number of nitrogens with one attached hydrogen (secondary N) is 1. The lowest BCUT2D eigenvalue weighted by molar-refractivity contribution is 0.116. The molecule has 32 heavy (non-hydrogen) atoms. The van der Waals surface area contributed by atoms with E-state index in [1.165, 1.54) is 5.56 Å². The van der Waals surface area contributed by atoms with Crippen molar-refractivity contribution >= 4 is 21.9 Å². The highest BCUT2D eigenvalue weighted by molar-refractivity contribution is 7.99. The molecule has 3 unspecified atom stereocenters. The third-order valence-corrected chi connectivity index (χ3v) is 8.14. The van der Waals surface area contributed by atoms with Crippen LogP contribution in [0.2, 0.25) is 0 Å². The second-order valence-corrected chi connectivity index (χ2v) is 11.0. The van der Waals surface area contributed by atoms with Gasteiger partial charge in [-0.1, -0.05) is 50.2 Å². The minimum Gasteiger partial charge on any atom is -0.494 e. The molecule has 0 amide bonds. The minimum atomic E-state index is -3.98. The number of hydrogen-bond acceptors (Lipinski definition) is 6. The Morgan fingerprint density at radius 2 is 1.97 bits per heavy atom. The molecule has 2 aromatic rings. The monoisotopic (exact) mass is 479 g/mol. The van der Waals surface area contributed by atoms with Crippen LogP contribution < -0.4 is 10.1 Å². The van der Waals surface area contributed by atoms with Gasteiger partial charge in [0.05, 0.1) is 24.5 Å². The van der Waals surface area contributed by atoms with Gasteiger partial charge >= 0.3 is 0 Å². The molecule has 0 radical (unpaired) electrons. The molecule has 0 aromatic heterocycles. The lowest BCUT2D eigenvalue weighted by Gasteiger charge is -2.37. The van der Waals surface area contributed by atoms with Crippen molar-refractivity contribution in [1.82, 2.24) is 5.32 Å². The lowest BCUT2D eigenvalue weighted by atomic mass is 9.87. The summed E-state index contributed by atoms with van der Waals surface area (Å²) in [6.45, 7) is 4.38. The average Bonchev–Trinajstić information content (AvgIpc) is 2.94. The highest BCUT2D eigenvalue weighted by Gasteiger charge is 2.37. The van der Waals surface area contributed by atoms with Crippen molar-refractivity contribution in [2.45, 2.75) is 62.1 Å². The van der Waals surface area contributed by atoms with Crippen LogP contribution in [0, 0.1) is 0 Å². The molecule has 0 fully saturated rings. The van der Waals surface area contributed by atoms with E-state index in [4.69, 9.17) is 9.29 Å². The zero-order chi connectivity index (χ0) is 23.2. The maximum Gasteiger partial charge on any atom is 0.264 e. The smallest absolute Gasteiger partial charge is 0.264 e. The lowest BCUT2D eigenvalue weighted by Crippen LogP contribution is -2.50. The van der Waals surface area contributed by atoms with Crippen LogP contribution in [0.25, 0.3) is 0 Å². The molecule has 1 aliphatic rings. The molecule has 1 heterocycles. The zero-order valence-electron chi connectivity index (χ0n) is 18.7. The van der Waals surface area contributed by atoms with Gasteiger partial charge in [-0.15, -0.1) is 11.8 Å². The van der Waals surface area contributed by atoms with Crippen molar-refractivity contribution in [3.05, 3.63) is 59.7 Å². The molecule has 6 nitrogen and oxygen atoms in total. The Labute approximate surface area is 195 Å². The quantitative estimate of drug-likeness (QED) is 0.342. The van der Waals surface area contributed by atoms with Crippen LogP contribution in [-0.2, 0) is 10.1 Å². The highest BCUT2D eigenvalue weighted by Crippen LogP contribution is 2.42. The van der Waals surface area contributed by atoms with Crippen LogP contribution in [0.3, 0.4) is 0 Å². The predicted octanol–water partition coefficient (Wildman–Crippen LogP) is 4.44. The molecule has 176 valence electrons. The van der Waals surface area contributed by atoms with Crippen LogP contribution in [0.5, 0.6) is 5.75 Å². The molecule has 8 heteroatoms. The van der Waals surface area contributed by atoms with E-state index in [2.05, 4.69) is 30.4 Å². The Balaban J connectivity index is 1.88. The van der Waals surface area contributed by atoms with Crippen LogP contribution >= 0.6 is 11.8 Å². The molecule has 0 spiro atoms. The normalized spacial score (nSPS) is 22.1. The van der Waals surface area contributed by atoms with E-state index in [0.717, 1.165) is 29.1 Å². The van der Waals surface area contributed by atoms with Gasteiger partial charge in [-0.05, 0) is 48.9 Å². The van der Waals surface area contributed by atoms with Gasteiger partial charge in [0.15, 0.2) is 0 Å². The number of hydrogen-bond donors (Lipinski definition) is 3. The number of aliphatic hydroxyl groups is 1. The summed E-state index contributed by atoms with van der Waals surface area (Å²) in [5.74, 6) is 1.19. The first-order valence-corrected chi connectivity index (χ1v) is 13.7. The zero-order valence-corrected chi connectivity index (χ0v) is 20.3. The SMILES string of the molecule is CCC(O)CC1(CC)CSc2cc(OCCCS(=O)(=O)O)ccc2C(c2ccccc2)N1. The van der Waals surface area contributed by atoms with Gasteiger partial charge in [0.2, 0.25) is 0 Å². The van der Waals surface area contributed by atoms with Gasteiger partial charge in [0.25, 0.3) is 10.1 Å². The summed E-state index contributed by atoms with van der Waals surface area (Å²) in [5.41, 5.74) is 2.12. The van der Waals surface area contributed by atoms with E-state index in [1.807, 2.05) is 37.3 Å². The Kier molecular flexibility index (Phi) is 8.63. The Bertz CT molecular complexity index is 983. The largest absolute Gasteiger partial charge is 0.494 e. The van der Waals surface area contributed by atoms with E-state index in [1.54, 1.807) is 11.8 Å². The van der Waals surface area contributed by atoms with Crippen LogP contribution in [-0.4, -0.2) is 47.8 Å². The van der Waals surface area contributed by atoms with Gasteiger partial charge in [0, 0.05) is 16.2 Å². The molecular weight excluding hydrogens is 446 g/mol. The fourth-order valence-electron chi connectivity index (χ4n) is 4.01. The summed E-state index contributed by atoms with van der Waals surface area (Å²) < 4.78 is 36.4. The van der Waals surface area contributed by atoms with Crippen LogP contribution in [0.15, 0.2) is 53.4 Å². The topological polar surface area (TPSA) is 95.9 Å². The maximum atomic E-state index is 10.9. The predicted molar refractivity (Wildman–Crippen MR) is 129 cm³/mol. The summed E-state index contributed by atoms with van der Waals surface area (Å²) in [4.78, 5) is 1.11. The van der Waals surface area contributed by atoms with Gasteiger partial charge < -0.3 is 9.84 Å².